The molecule has 0 aromatic heterocycles. The molecular formula is C22H29N3O3. The van der Waals surface area contributed by atoms with E-state index in [1.807, 2.05) is 60.7 Å². The molecule has 0 aliphatic heterocycles. The van der Waals surface area contributed by atoms with Crippen LogP contribution in [0.3, 0.4) is 0 Å². The zero-order chi connectivity index (χ0) is 20.0. The van der Waals surface area contributed by atoms with Gasteiger partial charge in [-0.1, -0.05) is 60.7 Å². The van der Waals surface area contributed by atoms with Crippen LogP contribution in [0.4, 0.5) is 0 Å². The van der Waals surface area contributed by atoms with E-state index in [0.717, 1.165) is 11.1 Å². The average molecular weight is 383 g/mol. The van der Waals surface area contributed by atoms with E-state index in [9.17, 15) is 4.79 Å². The number of carbonyl (C=O) groups excluding carboxylic acids is 1. The Morgan fingerprint density at radius 1 is 1.00 bits per heavy atom. The minimum Gasteiger partial charge on any atom is -0.372 e. The van der Waals surface area contributed by atoms with E-state index in [4.69, 9.17) is 20.9 Å². The van der Waals surface area contributed by atoms with Gasteiger partial charge in [0.1, 0.15) is 0 Å². The number of carbonyl (C=O) groups is 1. The monoisotopic (exact) mass is 383 g/mol. The molecule has 0 spiro atoms. The third-order valence-electron chi connectivity index (χ3n) is 5.33. The maximum Gasteiger partial charge on any atom is 0.252 e. The Labute approximate surface area is 166 Å². The molecule has 2 aromatic carbocycles. The summed E-state index contributed by atoms with van der Waals surface area (Å²) in [6.07, 6.45) is 0.338. The van der Waals surface area contributed by atoms with Crippen molar-refractivity contribution in [3.8, 4) is 0 Å². The molecule has 0 saturated heterocycles. The highest BCUT2D eigenvalue weighted by atomic mass is 16.5. The van der Waals surface area contributed by atoms with Crippen LogP contribution >= 0.6 is 0 Å². The van der Waals surface area contributed by atoms with Gasteiger partial charge in [0.05, 0.1) is 19.3 Å². The molecule has 0 bridgehead atoms. The van der Waals surface area contributed by atoms with Crippen LogP contribution in [0.1, 0.15) is 24.0 Å². The van der Waals surface area contributed by atoms with Crippen molar-refractivity contribution < 1.29 is 14.3 Å². The normalized spacial score (nSPS) is 27.3. The van der Waals surface area contributed by atoms with Crippen LogP contribution in [0, 0.1) is 0 Å². The lowest BCUT2D eigenvalue weighted by Crippen LogP contribution is -2.64. The number of hydrogen-bond acceptors (Lipinski definition) is 5. The lowest BCUT2D eigenvalue weighted by atomic mass is 9.76. The molecule has 28 heavy (non-hydrogen) atoms. The van der Waals surface area contributed by atoms with Gasteiger partial charge in [0, 0.05) is 32.0 Å². The predicted molar refractivity (Wildman–Crippen MR) is 108 cm³/mol. The smallest absolute Gasteiger partial charge is 0.252 e. The fourth-order valence-corrected chi connectivity index (χ4v) is 3.68. The molecular weight excluding hydrogens is 354 g/mol. The molecule has 150 valence electrons. The number of nitrogens with two attached hydrogens (primary N) is 2. The summed E-state index contributed by atoms with van der Waals surface area (Å²) in [5, 5.41) is 2.73. The average Bonchev–Trinajstić information content (AvgIpc) is 2.74. The number of benzene rings is 2. The van der Waals surface area contributed by atoms with E-state index in [1.165, 1.54) is 0 Å². The molecule has 3 rings (SSSR count). The summed E-state index contributed by atoms with van der Waals surface area (Å²) in [6.45, 7) is 0.732. The van der Waals surface area contributed by atoms with Crippen LogP contribution in [0.25, 0.3) is 0 Å². The number of hydrogen-bond donors (Lipinski definition) is 3. The molecule has 6 heteroatoms. The van der Waals surface area contributed by atoms with Gasteiger partial charge in [-0.15, -0.1) is 0 Å². The standard InChI is InChI=1S/C22H29N3O3/c1-25-21(26)22(28-15-17-10-6-3-7-11-17)12-18(23)20(24)19(13-22)27-14-16-8-4-2-5-9-16/h2-11,18-20H,12-15,23-24H2,1H3,(H,25,26). The van der Waals surface area contributed by atoms with Crippen molar-refractivity contribution in [3.63, 3.8) is 0 Å². The molecule has 6 nitrogen and oxygen atoms in total. The van der Waals surface area contributed by atoms with Gasteiger partial charge >= 0.3 is 0 Å². The van der Waals surface area contributed by atoms with Crippen molar-refractivity contribution in [3.05, 3.63) is 71.8 Å². The predicted octanol–water partition coefficient (Wildman–Crippen LogP) is 1.72. The molecule has 1 aliphatic carbocycles. The van der Waals surface area contributed by atoms with Gasteiger partial charge < -0.3 is 26.3 Å². The first-order valence-corrected chi connectivity index (χ1v) is 9.61. The van der Waals surface area contributed by atoms with E-state index < -0.39 is 11.6 Å². The van der Waals surface area contributed by atoms with Crippen LogP contribution in [0.2, 0.25) is 0 Å². The summed E-state index contributed by atoms with van der Waals surface area (Å²) in [5.74, 6) is -0.195. The van der Waals surface area contributed by atoms with Crippen LogP contribution in [0.5, 0.6) is 0 Å². The Morgan fingerprint density at radius 2 is 1.57 bits per heavy atom. The topological polar surface area (TPSA) is 99.6 Å². The first-order valence-electron chi connectivity index (χ1n) is 9.61. The Bertz CT molecular complexity index is 756. The van der Waals surface area contributed by atoms with Crippen molar-refractivity contribution in [1.29, 1.82) is 0 Å². The molecule has 4 unspecified atom stereocenters. The third-order valence-corrected chi connectivity index (χ3v) is 5.33. The van der Waals surface area contributed by atoms with Gasteiger partial charge in [0.25, 0.3) is 5.91 Å². The summed E-state index contributed by atoms with van der Waals surface area (Å²) in [4.78, 5) is 12.8. The summed E-state index contributed by atoms with van der Waals surface area (Å²) >= 11 is 0. The van der Waals surface area contributed by atoms with E-state index in [-0.39, 0.29) is 18.1 Å². The van der Waals surface area contributed by atoms with Crippen molar-refractivity contribution in [2.24, 2.45) is 11.5 Å². The van der Waals surface area contributed by atoms with Crippen molar-refractivity contribution in [2.45, 2.75) is 49.8 Å². The zero-order valence-corrected chi connectivity index (χ0v) is 16.2. The quantitative estimate of drug-likeness (QED) is 0.676. The second-order valence-electron chi connectivity index (χ2n) is 7.33. The van der Waals surface area contributed by atoms with Crippen LogP contribution in [-0.2, 0) is 27.5 Å². The van der Waals surface area contributed by atoms with E-state index >= 15 is 0 Å². The highest BCUT2D eigenvalue weighted by molar-refractivity contribution is 5.85. The molecule has 0 heterocycles. The summed E-state index contributed by atoms with van der Waals surface area (Å²) in [7, 11) is 1.61. The van der Waals surface area contributed by atoms with Gasteiger partial charge in [-0.2, -0.15) is 0 Å². The summed E-state index contributed by atoms with van der Waals surface area (Å²) < 4.78 is 12.3. The van der Waals surface area contributed by atoms with Gasteiger partial charge in [-0.05, 0) is 11.1 Å². The Kier molecular flexibility index (Phi) is 6.80. The molecule has 1 fully saturated rings. The minimum absolute atomic E-state index is 0.195. The van der Waals surface area contributed by atoms with E-state index in [2.05, 4.69) is 5.32 Å². The number of amides is 1. The fourth-order valence-electron chi connectivity index (χ4n) is 3.68. The zero-order valence-electron chi connectivity index (χ0n) is 16.2. The Morgan fingerprint density at radius 3 is 2.14 bits per heavy atom. The first kappa shape index (κ1) is 20.5. The lowest BCUT2D eigenvalue weighted by molar-refractivity contribution is -0.167. The number of nitrogens with one attached hydrogen (secondary N) is 1. The third kappa shape index (κ3) is 4.77. The fraction of sp³-hybridized carbons (Fsp3) is 0.409. The second-order valence-corrected chi connectivity index (χ2v) is 7.33. The first-order chi connectivity index (χ1) is 13.5. The maximum atomic E-state index is 12.8. The Hall–Kier alpha value is -2.25. The number of rotatable bonds is 7. The molecule has 1 aliphatic rings. The van der Waals surface area contributed by atoms with Gasteiger partial charge in [-0.3, -0.25) is 4.79 Å². The van der Waals surface area contributed by atoms with Crippen LogP contribution in [0.15, 0.2) is 60.7 Å². The lowest BCUT2D eigenvalue weighted by Gasteiger charge is -2.44. The van der Waals surface area contributed by atoms with Crippen molar-refractivity contribution >= 4 is 5.91 Å². The maximum absolute atomic E-state index is 12.8. The highest BCUT2D eigenvalue weighted by Gasteiger charge is 2.49. The molecule has 1 amide bonds. The van der Waals surface area contributed by atoms with E-state index in [0.29, 0.717) is 26.1 Å². The van der Waals surface area contributed by atoms with Gasteiger partial charge in [0.2, 0.25) is 0 Å². The summed E-state index contributed by atoms with van der Waals surface area (Å²) in [6, 6.07) is 18.9. The van der Waals surface area contributed by atoms with Crippen molar-refractivity contribution in [2.75, 3.05) is 7.05 Å². The Balaban J connectivity index is 1.75. The SMILES string of the molecule is CNC(=O)C1(OCc2ccccc2)CC(N)C(N)C(OCc2ccccc2)C1. The van der Waals surface area contributed by atoms with E-state index in [1.54, 1.807) is 7.05 Å². The highest BCUT2D eigenvalue weighted by Crippen LogP contribution is 2.34. The molecule has 2 aromatic rings. The van der Waals surface area contributed by atoms with Gasteiger partial charge in [0.15, 0.2) is 5.60 Å². The van der Waals surface area contributed by atoms with Crippen molar-refractivity contribution in [1.82, 2.24) is 5.32 Å². The van der Waals surface area contributed by atoms with Gasteiger partial charge in [-0.25, -0.2) is 0 Å². The minimum atomic E-state index is -1.07. The molecule has 5 N–H and O–H groups in total. The second kappa shape index (κ2) is 9.30. The molecule has 0 radical (unpaired) electrons. The molecule has 4 atom stereocenters. The summed E-state index contributed by atoms with van der Waals surface area (Å²) in [5.41, 5.74) is 13.6. The number of ether oxygens (including phenoxy) is 2. The van der Waals surface area contributed by atoms with Crippen LogP contribution in [-0.4, -0.2) is 36.7 Å². The largest absolute Gasteiger partial charge is 0.372 e. The number of likely N-dealkylation sites (N-methyl/N-ethyl adjacent to an activating group) is 1. The molecule has 1 saturated carbocycles. The van der Waals surface area contributed by atoms with Crippen LogP contribution < -0.4 is 16.8 Å².